The predicted molar refractivity (Wildman–Crippen MR) is 131 cm³/mol. The Hall–Kier alpha value is -3.77. The summed E-state index contributed by atoms with van der Waals surface area (Å²) < 4.78 is 2.03. The van der Waals surface area contributed by atoms with Crippen LogP contribution in [0.15, 0.2) is 42.9 Å². The van der Waals surface area contributed by atoms with E-state index in [0.29, 0.717) is 24.0 Å². The van der Waals surface area contributed by atoms with Gasteiger partial charge in [-0.1, -0.05) is 19.1 Å². The average Bonchev–Trinajstić information content (AvgIpc) is 3.32. The molecule has 34 heavy (non-hydrogen) atoms. The van der Waals surface area contributed by atoms with Gasteiger partial charge >= 0.3 is 0 Å². The van der Waals surface area contributed by atoms with Crippen molar-refractivity contribution >= 4 is 17.5 Å². The van der Waals surface area contributed by atoms with Crippen LogP contribution in [0.2, 0.25) is 0 Å². The van der Waals surface area contributed by atoms with Gasteiger partial charge in [0.1, 0.15) is 6.04 Å². The molecule has 4 rings (SSSR count). The molecule has 0 bridgehead atoms. The molecule has 2 N–H and O–H groups in total. The minimum Gasteiger partial charge on any atom is -0.336 e. The Morgan fingerprint density at radius 1 is 1.24 bits per heavy atom. The van der Waals surface area contributed by atoms with Crippen LogP contribution in [0, 0.1) is 18.3 Å². The van der Waals surface area contributed by atoms with E-state index in [9.17, 15) is 4.79 Å². The molecule has 0 radical (unpaired) electrons. The summed E-state index contributed by atoms with van der Waals surface area (Å²) in [6.45, 7) is 5.97. The molecule has 1 saturated heterocycles. The highest BCUT2D eigenvalue weighted by atomic mass is 16.1. The van der Waals surface area contributed by atoms with Crippen molar-refractivity contribution in [1.82, 2.24) is 30.0 Å². The van der Waals surface area contributed by atoms with Crippen LogP contribution >= 0.6 is 0 Å². The highest BCUT2D eigenvalue weighted by Gasteiger charge is 2.19. The van der Waals surface area contributed by atoms with Crippen molar-refractivity contribution in [2.75, 3.05) is 25.5 Å². The van der Waals surface area contributed by atoms with Crippen LogP contribution in [0.25, 0.3) is 11.3 Å². The molecule has 1 aliphatic heterocycles. The average molecular weight is 459 g/mol. The van der Waals surface area contributed by atoms with Crippen LogP contribution in [0.4, 0.5) is 11.6 Å². The standard InChI is InChI=1S/C25H30N8O/c1-4-20(13-26)29-24(34)19-7-5-18(6-8-19)23-17(2)14-27-25(31-23)30-21-15-28-33(16-21)22-9-11-32(3)12-10-22/h5-8,14-16,20,22H,4,9-12H2,1-3H3,(H,29,34)(H,27,30,31). The van der Waals surface area contributed by atoms with Gasteiger partial charge in [-0.05, 0) is 64.0 Å². The van der Waals surface area contributed by atoms with E-state index in [0.717, 1.165) is 48.4 Å². The Kier molecular flexibility index (Phi) is 7.18. The van der Waals surface area contributed by atoms with Gasteiger partial charge in [-0.15, -0.1) is 0 Å². The fraction of sp³-hybridized carbons (Fsp3) is 0.400. The van der Waals surface area contributed by atoms with E-state index < -0.39 is 6.04 Å². The third kappa shape index (κ3) is 5.41. The zero-order chi connectivity index (χ0) is 24.1. The third-order valence-corrected chi connectivity index (χ3v) is 6.18. The molecule has 0 saturated carbocycles. The van der Waals surface area contributed by atoms with Gasteiger partial charge in [-0.3, -0.25) is 9.48 Å². The fourth-order valence-corrected chi connectivity index (χ4v) is 4.03. The molecule has 0 spiro atoms. The molecule has 3 aromatic rings. The number of aromatic nitrogens is 4. The van der Waals surface area contributed by atoms with Crippen molar-refractivity contribution in [3.63, 3.8) is 0 Å². The second kappa shape index (κ2) is 10.4. The van der Waals surface area contributed by atoms with E-state index in [4.69, 9.17) is 10.2 Å². The summed E-state index contributed by atoms with van der Waals surface area (Å²) in [5.41, 5.74) is 3.96. The van der Waals surface area contributed by atoms with Crippen LogP contribution in [0.3, 0.4) is 0 Å². The van der Waals surface area contributed by atoms with Gasteiger partial charge in [0.05, 0.1) is 29.7 Å². The molecule has 2 aromatic heterocycles. The van der Waals surface area contributed by atoms with Gasteiger partial charge in [0.2, 0.25) is 5.95 Å². The molecule has 176 valence electrons. The van der Waals surface area contributed by atoms with Gasteiger partial charge in [0, 0.05) is 23.5 Å². The number of piperidine rings is 1. The molecule has 1 unspecified atom stereocenters. The molecule has 1 aromatic carbocycles. The first-order valence-electron chi connectivity index (χ1n) is 11.6. The Bertz CT molecular complexity index is 1170. The highest BCUT2D eigenvalue weighted by molar-refractivity contribution is 5.95. The number of hydrogen-bond acceptors (Lipinski definition) is 7. The first-order chi connectivity index (χ1) is 16.5. The Morgan fingerprint density at radius 3 is 2.65 bits per heavy atom. The molecule has 1 aliphatic rings. The first kappa shape index (κ1) is 23.4. The number of carbonyl (C=O) groups excluding carboxylic acids is 1. The number of nitriles is 1. The number of hydrogen-bond donors (Lipinski definition) is 2. The minimum atomic E-state index is -0.492. The van der Waals surface area contributed by atoms with Crippen molar-refractivity contribution in [3.8, 4) is 17.3 Å². The van der Waals surface area contributed by atoms with Crippen LogP contribution in [0.1, 0.15) is 48.1 Å². The third-order valence-electron chi connectivity index (χ3n) is 6.18. The number of aryl methyl sites for hydroxylation is 1. The fourth-order valence-electron chi connectivity index (χ4n) is 4.03. The van der Waals surface area contributed by atoms with E-state index in [1.165, 1.54) is 0 Å². The van der Waals surface area contributed by atoms with Gasteiger partial charge in [0.25, 0.3) is 5.91 Å². The van der Waals surface area contributed by atoms with Crippen molar-refractivity contribution in [3.05, 3.63) is 54.0 Å². The monoisotopic (exact) mass is 458 g/mol. The maximum Gasteiger partial charge on any atom is 0.252 e. The minimum absolute atomic E-state index is 0.261. The lowest BCUT2D eigenvalue weighted by molar-refractivity contribution is 0.0944. The number of rotatable bonds is 7. The van der Waals surface area contributed by atoms with Gasteiger partial charge in [0.15, 0.2) is 0 Å². The molecular formula is C25H30N8O. The summed E-state index contributed by atoms with van der Waals surface area (Å²) in [6.07, 6.45) is 8.34. The molecule has 1 atom stereocenters. The molecule has 9 heteroatoms. The van der Waals surface area contributed by atoms with Crippen molar-refractivity contribution in [2.45, 2.75) is 45.2 Å². The summed E-state index contributed by atoms with van der Waals surface area (Å²) in [6, 6.07) is 9.22. The summed E-state index contributed by atoms with van der Waals surface area (Å²) in [7, 11) is 2.15. The number of nitrogens with one attached hydrogen (secondary N) is 2. The van der Waals surface area contributed by atoms with E-state index in [1.54, 1.807) is 24.5 Å². The smallest absolute Gasteiger partial charge is 0.252 e. The SMILES string of the molecule is CCC(C#N)NC(=O)c1ccc(-c2nc(Nc3cnn(C4CCN(C)CC4)c3)ncc2C)cc1. The molecule has 9 nitrogen and oxygen atoms in total. The number of nitrogens with zero attached hydrogens (tertiary/aromatic N) is 6. The lowest BCUT2D eigenvalue weighted by Gasteiger charge is -2.28. The summed E-state index contributed by atoms with van der Waals surface area (Å²) in [5.74, 6) is 0.230. The molecule has 3 heterocycles. The van der Waals surface area contributed by atoms with Gasteiger partial charge in [-0.2, -0.15) is 10.4 Å². The summed E-state index contributed by atoms with van der Waals surface area (Å²) in [5, 5.41) is 19.6. The molecular weight excluding hydrogens is 428 g/mol. The molecule has 1 amide bonds. The first-order valence-corrected chi connectivity index (χ1v) is 11.6. The zero-order valence-corrected chi connectivity index (χ0v) is 19.8. The van der Waals surface area contributed by atoms with Crippen molar-refractivity contribution in [2.24, 2.45) is 0 Å². The number of benzene rings is 1. The number of anilines is 2. The van der Waals surface area contributed by atoms with E-state index in [1.807, 2.05) is 36.9 Å². The number of likely N-dealkylation sites (tertiary alicyclic amines) is 1. The highest BCUT2D eigenvalue weighted by Crippen LogP contribution is 2.25. The Morgan fingerprint density at radius 2 is 1.97 bits per heavy atom. The van der Waals surface area contributed by atoms with Crippen LogP contribution in [-0.4, -0.2) is 56.7 Å². The lowest BCUT2D eigenvalue weighted by Crippen LogP contribution is -2.33. The quantitative estimate of drug-likeness (QED) is 0.555. The number of amides is 1. The van der Waals surface area contributed by atoms with Crippen LogP contribution in [0.5, 0.6) is 0 Å². The molecule has 0 aliphatic carbocycles. The normalized spacial score (nSPS) is 15.5. The summed E-state index contributed by atoms with van der Waals surface area (Å²) in [4.78, 5) is 23.8. The van der Waals surface area contributed by atoms with Crippen molar-refractivity contribution < 1.29 is 4.79 Å². The second-order valence-corrected chi connectivity index (χ2v) is 8.73. The number of carbonyl (C=O) groups is 1. The maximum absolute atomic E-state index is 12.4. The Balaban J connectivity index is 1.46. The largest absolute Gasteiger partial charge is 0.336 e. The Labute approximate surface area is 199 Å². The van der Waals surface area contributed by atoms with Gasteiger partial charge < -0.3 is 15.5 Å². The predicted octanol–water partition coefficient (Wildman–Crippen LogP) is 3.69. The summed E-state index contributed by atoms with van der Waals surface area (Å²) >= 11 is 0. The van der Waals surface area contributed by atoms with Crippen molar-refractivity contribution in [1.29, 1.82) is 5.26 Å². The lowest BCUT2D eigenvalue weighted by atomic mass is 10.1. The topological polar surface area (TPSA) is 112 Å². The van der Waals surface area contributed by atoms with Crippen LogP contribution in [-0.2, 0) is 0 Å². The van der Waals surface area contributed by atoms with Gasteiger partial charge in [-0.25, -0.2) is 9.97 Å². The molecule has 1 fully saturated rings. The van der Waals surface area contributed by atoms with E-state index in [2.05, 4.69) is 38.7 Å². The second-order valence-electron chi connectivity index (χ2n) is 8.73. The van der Waals surface area contributed by atoms with Crippen LogP contribution < -0.4 is 10.6 Å². The maximum atomic E-state index is 12.4. The van der Waals surface area contributed by atoms with E-state index in [-0.39, 0.29) is 5.91 Å². The van der Waals surface area contributed by atoms with E-state index >= 15 is 0 Å². The zero-order valence-electron chi connectivity index (χ0n) is 19.8.